The van der Waals surface area contributed by atoms with Crippen molar-refractivity contribution in [3.63, 3.8) is 0 Å². The maximum atomic E-state index is 14.2. The van der Waals surface area contributed by atoms with E-state index < -0.39 is 5.82 Å². The summed E-state index contributed by atoms with van der Waals surface area (Å²) in [6.07, 6.45) is 6.22. The van der Waals surface area contributed by atoms with E-state index >= 15 is 0 Å². The number of amides is 1. The molecule has 2 aromatic heterocycles. The zero-order valence-electron chi connectivity index (χ0n) is 22.9. The topological polar surface area (TPSA) is 115 Å². The van der Waals surface area contributed by atoms with Crippen molar-refractivity contribution in [3.8, 4) is 17.4 Å². The monoisotopic (exact) mass is 561 g/mol. The zero-order chi connectivity index (χ0) is 28.0. The van der Waals surface area contributed by atoms with Crippen molar-refractivity contribution in [2.75, 3.05) is 44.3 Å². The number of nitrogens with one attached hydrogen (secondary N) is 1. The zero-order valence-corrected chi connectivity index (χ0v) is 22.9. The molecule has 41 heavy (non-hydrogen) atoms. The molecule has 1 atom stereocenters. The minimum absolute atomic E-state index is 0.128. The number of ether oxygens (including phenoxy) is 3. The van der Waals surface area contributed by atoms with Gasteiger partial charge in [-0.2, -0.15) is 0 Å². The number of nitrogens with zero attached hydrogens (tertiary/aromatic N) is 6. The summed E-state index contributed by atoms with van der Waals surface area (Å²) in [5.41, 5.74) is 2.58. The van der Waals surface area contributed by atoms with Crippen molar-refractivity contribution in [2.45, 2.75) is 44.9 Å². The van der Waals surface area contributed by atoms with Gasteiger partial charge in [0.1, 0.15) is 29.7 Å². The summed E-state index contributed by atoms with van der Waals surface area (Å²) in [6, 6.07) is 5.75. The van der Waals surface area contributed by atoms with E-state index in [9.17, 15) is 9.18 Å². The normalized spacial score (nSPS) is 21.6. The molecule has 5 heterocycles. The number of carbonyl (C=O) groups excluding carboxylic acids is 1. The van der Waals surface area contributed by atoms with Crippen LogP contribution in [0.2, 0.25) is 0 Å². The first-order valence-electron chi connectivity index (χ1n) is 14.1. The van der Waals surface area contributed by atoms with E-state index in [1.807, 2.05) is 19.2 Å². The third-order valence-corrected chi connectivity index (χ3v) is 8.49. The van der Waals surface area contributed by atoms with Crippen LogP contribution in [0.4, 0.5) is 10.2 Å². The molecule has 0 bridgehead atoms. The van der Waals surface area contributed by atoms with Crippen LogP contribution in [0.3, 0.4) is 0 Å². The molecule has 1 unspecified atom stereocenters. The van der Waals surface area contributed by atoms with E-state index in [0.29, 0.717) is 25.6 Å². The molecule has 7 rings (SSSR count). The molecule has 1 aromatic carbocycles. The third kappa shape index (κ3) is 4.95. The summed E-state index contributed by atoms with van der Waals surface area (Å²) in [4.78, 5) is 26.1. The van der Waals surface area contributed by atoms with Crippen molar-refractivity contribution in [1.29, 1.82) is 0 Å². The molecule has 12 heteroatoms. The van der Waals surface area contributed by atoms with Gasteiger partial charge < -0.3 is 29.3 Å². The quantitative estimate of drug-likeness (QED) is 0.482. The van der Waals surface area contributed by atoms with E-state index in [2.05, 4.69) is 30.4 Å². The van der Waals surface area contributed by atoms with Crippen LogP contribution >= 0.6 is 0 Å². The highest BCUT2D eigenvalue weighted by molar-refractivity contribution is 5.97. The van der Waals surface area contributed by atoms with Gasteiger partial charge in [0.25, 0.3) is 11.8 Å². The highest BCUT2D eigenvalue weighted by atomic mass is 19.1. The molecule has 1 aliphatic carbocycles. The molecule has 2 saturated heterocycles. The lowest BCUT2D eigenvalue weighted by Gasteiger charge is -2.58. The van der Waals surface area contributed by atoms with Gasteiger partial charge in [-0.05, 0) is 44.0 Å². The average Bonchev–Trinajstić information content (AvgIpc) is 2.95. The molecule has 3 aromatic rings. The minimum Gasteiger partial charge on any atom is -0.490 e. The Morgan fingerprint density at radius 1 is 1.20 bits per heavy atom. The van der Waals surface area contributed by atoms with Crippen molar-refractivity contribution in [1.82, 2.24) is 30.4 Å². The molecule has 3 fully saturated rings. The Morgan fingerprint density at radius 2 is 2.07 bits per heavy atom. The first-order chi connectivity index (χ1) is 20.0. The molecule has 11 nitrogen and oxygen atoms in total. The Morgan fingerprint density at radius 3 is 2.93 bits per heavy atom. The molecule has 1 amide bonds. The molecule has 3 aliphatic heterocycles. The summed E-state index contributed by atoms with van der Waals surface area (Å²) in [7, 11) is 0. The Balaban J connectivity index is 1.02. The van der Waals surface area contributed by atoms with Gasteiger partial charge in [0, 0.05) is 62.0 Å². The number of carbonyl (C=O) groups is 1. The maximum absolute atomic E-state index is 14.2. The fraction of sp³-hybridized carbons (Fsp3) is 0.483. The number of anilines is 1. The molecule has 0 radical (unpaired) electrons. The van der Waals surface area contributed by atoms with Crippen LogP contribution in [0, 0.1) is 11.2 Å². The van der Waals surface area contributed by atoms with Crippen LogP contribution in [0.25, 0.3) is 0 Å². The van der Waals surface area contributed by atoms with Crippen LogP contribution in [-0.2, 0) is 17.7 Å². The number of fused-ring (bicyclic) bond motifs is 1. The standard InChI is InChI=1S/C29H32FN7O4/c1-18-14-39-9-8-37(18)28(38)21-10-19(30)2-3-24(21)41-27-26(33-17-34-35-27)36-15-29(16-36)11-20(12-29)40-25-5-7-32-23-4-6-31-13-22(23)25/h2-3,5,7,10,17-18,20,31H,4,6,8-9,11-16H2,1H3. The van der Waals surface area contributed by atoms with Crippen molar-refractivity contribution in [3.05, 3.63) is 59.4 Å². The van der Waals surface area contributed by atoms with Gasteiger partial charge >= 0.3 is 0 Å². The van der Waals surface area contributed by atoms with Gasteiger partial charge in [-0.25, -0.2) is 9.37 Å². The highest BCUT2D eigenvalue weighted by Gasteiger charge is 2.54. The van der Waals surface area contributed by atoms with Gasteiger partial charge in [0.2, 0.25) is 0 Å². The van der Waals surface area contributed by atoms with Gasteiger partial charge in [0.15, 0.2) is 5.82 Å². The van der Waals surface area contributed by atoms with E-state index in [-0.39, 0.29) is 40.7 Å². The van der Waals surface area contributed by atoms with Gasteiger partial charge in [-0.15, -0.1) is 10.2 Å². The third-order valence-electron chi connectivity index (χ3n) is 8.49. The van der Waals surface area contributed by atoms with E-state index in [1.165, 1.54) is 30.1 Å². The molecule has 1 saturated carbocycles. The SMILES string of the molecule is CC1COCCN1C(=O)c1cc(F)ccc1Oc1nncnc1N1CC2(CC(Oc3ccnc4c3CNCC4)C2)C1. The molecule has 4 aliphatic rings. The molecule has 1 spiro atoms. The van der Waals surface area contributed by atoms with E-state index in [0.717, 1.165) is 56.9 Å². The Labute approximate surface area is 237 Å². The number of benzene rings is 1. The fourth-order valence-electron chi connectivity index (χ4n) is 6.38. The Bertz CT molecular complexity index is 1460. The summed E-state index contributed by atoms with van der Waals surface area (Å²) in [6.45, 7) is 6.51. The van der Waals surface area contributed by atoms with Crippen LogP contribution in [0.5, 0.6) is 17.4 Å². The largest absolute Gasteiger partial charge is 0.490 e. The first-order valence-corrected chi connectivity index (χ1v) is 14.1. The Hall–Kier alpha value is -3.90. The highest BCUT2D eigenvalue weighted by Crippen LogP contribution is 2.52. The number of hydrogen-bond acceptors (Lipinski definition) is 10. The lowest BCUT2D eigenvalue weighted by molar-refractivity contribution is -0.0350. The summed E-state index contributed by atoms with van der Waals surface area (Å²) in [5, 5.41) is 11.5. The second kappa shape index (κ2) is 10.5. The van der Waals surface area contributed by atoms with Crippen LogP contribution in [0.1, 0.15) is 41.4 Å². The van der Waals surface area contributed by atoms with Gasteiger partial charge in [0.05, 0.1) is 24.8 Å². The molecule has 1 N–H and O–H groups in total. The summed E-state index contributed by atoms with van der Waals surface area (Å²) < 4.78 is 32.2. The van der Waals surface area contributed by atoms with Crippen LogP contribution < -0.4 is 19.7 Å². The number of pyridine rings is 1. The first kappa shape index (κ1) is 26.0. The van der Waals surface area contributed by atoms with Crippen LogP contribution in [-0.4, -0.2) is 82.5 Å². The van der Waals surface area contributed by atoms with Gasteiger partial charge in [-0.1, -0.05) is 0 Å². The van der Waals surface area contributed by atoms with E-state index in [4.69, 9.17) is 14.2 Å². The number of morpholine rings is 1. The number of halogens is 1. The number of hydrogen-bond donors (Lipinski definition) is 1. The summed E-state index contributed by atoms with van der Waals surface area (Å²) in [5.74, 6) is 1.04. The average molecular weight is 562 g/mol. The Kier molecular flexibility index (Phi) is 6.66. The number of aromatic nitrogens is 4. The van der Waals surface area contributed by atoms with Crippen molar-refractivity contribution in [2.24, 2.45) is 5.41 Å². The predicted molar refractivity (Wildman–Crippen MR) is 146 cm³/mol. The fourth-order valence-corrected chi connectivity index (χ4v) is 6.38. The molecular weight excluding hydrogens is 529 g/mol. The second-order valence-electron chi connectivity index (χ2n) is 11.4. The molecule has 214 valence electrons. The van der Waals surface area contributed by atoms with E-state index in [1.54, 1.807) is 4.90 Å². The smallest absolute Gasteiger partial charge is 0.282 e. The van der Waals surface area contributed by atoms with Gasteiger partial charge in [-0.3, -0.25) is 9.78 Å². The lowest BCUT2D eigenvalue weighted by Crippen LogP contribution is -2.65. The van der Waals surface area contributed by atoms with Crippen molar-refractivity contribution < 1.29 is 23.4 Å². The van der Waals surface area contributed by atoms with Crippen molar-refractivity contribution >= 4 is 11.7 Å². The predicted octanol–water partition coefficient (Wildman–Crippen LogP) is 2.75. The minimum atomic E-state index is -0.519. The lowest BCUT2D eigenvalue weighted by atomic mass is 9.61. The number of rotatable bonds is 6. The van der Waals surface area contributed by atoms with Crippen LogP contribution in [0.15, 0.2) is 36.8 Å². The summed E-state index contributed by atoms with van der Waals surface area (Å²) >= 11 is 0. The second-order valence-corrected chi connectivity index (χ2v) is 11.4. The maximum Gasteiger partial charge on any atom is 0.282 e. The molecular formula is C29H32FN7O4.